The predicted octanol–water partition coefficient (Wildman–Crippen LogP) is 4.94. The molecule has 0 saturated carbocycles. The molecule has 0 bridgehead atoms. The van der Waals surface area contributed by atoms with Crippen LogP contribution in [0.5, 0.6) is 0 Å². The van der Waals surface area contributed by atoms with E-state index in [0.717, 1.165) is 30.5 Å². The number of halogens is 3. The number of carbonyl (C=O) groups is 1. The summed E-state index contributed by atoms with van der Waals surface area (Å²) >= 11 is 10.3. The zero-order valence-electron chi connectivity index (χ0n) is 7.43. The van der Waals surface area contributed by atoms with E-state index >= 15 is 0 Å². The van der Waals surface area contributed by atoms with Crippen LogP contribution in [-0.4, -0.2) is 6.29 Å². The highest BCUT2D eigenvalue weighted by atomic mass is 79.9. The lowest BCUT2D eigenvalue weighted by atomic mass is 10.1. The van der Waals surface area contributed by atoms with Gasteiger partial charge in [-0.05, 0) is 58.6 Å². The van der Waals surface area contributed by atoms with Gasteiger partial charge >= 0.3 is 0 Å². The Hall–Kier alpha value is -0.190. The molecule has 0 aliphatic carbocycles. The van der Waals surface area contributed by atoms with Crippen molar-refractivity contribution in [2.75, 3.05) is 0 Å². The van der Waals surface area contributed by atoms with Crippen LogP contribution in [0, 0.1) is 0 Å². The van der Waals surface area contributed by atoms with Crippen LogP contribution in [0.15, 0.2) is 37.7 Å². The van der Waals surface area contributed by atoms with Crippen LogP contribution in [0.2, 0.25) is 0 Å². The van der Waals surface area contributed by atoms with E-state index in [0.29, 0.717) is 5.56 Å². The van der Waals surface area contributed by atoms with E-state index < -0.39 is 0 Å². The monoisotopic (exact) mass is 390 g/mol. The topological polar surface area (TPSA) is 17.1 Å². The minimum Gasteiger partial charge on any atom is -0.298 e. The van der Waals surface area contributed by atoms with E-state index in [2.05, 4.69) is 47.8 Å². The first-order valence-corrected chi connectivity index (χ1v) is 6.55. The molecule has 2 rings (SSSR count). The molecule has 15 heavy (non-hydrogen) atoms. The predicted molar refractivity (Wildman–Crippen MR) is 72.4 cm³/mol. The normalized spacial score (nSPS) is 10.6. The zero-order valence-corrected chi connectivity index (χ0v) is 12.2. The van der Waals surface area contributed by atoms with Gasteiger partial charge in [-0.2, -0.15) is 0 Å². The number of carbonyl (C=O) groups excluding carboxylic acids is 1. The van der Waals surface area contributed by atoms with E-state index in [4.69, 9.17) is 0 Å². The van der Waals surface area contributed by atoms with Crippen molar-refractivity contribution in [2.45, 2.75) is 0 Å². The molecule has 0 radical (unpaired) electrons. The van der Waals surface area contributed by atoms with Crippen molar-refractivity contribution in [2.24, 2.45) is 0 Å². The maximum Gasteiger partial charge on any atom is 0.152 e. The van der Waals surface area contributed by atoms with Gasteiger partial charge < -0.3 is 0 Å². The average Bonchev–Trinajstić information content (AvgIpc) is 2.27. The second kappa shape index (κ2) is 4.36. The van der Waals surface area contributed by atoms with Crippen molar-refractivity contribution in [1.29, 1.82) is 0 Å². The first-order chi connectivity index (χ1) is 7.16. The number of rotatable bonds is 1. The third kappa shape index (κ3) is 1.79. The highest BCUT2D eigenvalue weighted by Crippen LogP contribution is 2.39. The maximum absolute atomic E-state index is 11.0. The number of hydrogen-bond donors (Lipinski definition) is 0. The molecule has 0 N–H and O–H groups in total. The number of fused-ring (bicyclic) bond motifs is 1. The summed E-state index contributed by atoms with van der Waals surface area (Å²) in [6, 6.07) is 7.89. The Labute approximate surface area is 112 Å². The molecular weight excluding hydrogens is 388 g/mol. The van der Waals surface area contributed by atoms with E-state index in [1.807, 2.05) is 24.3 Å². The fourth-order valence-electron chi connectivity index (χ4n) is 1.45. The Kier molecular flexibility index (Phi) is 3.28. The van der Waals surface area contributed by atoms with E-state index in [1.54, 1.807) is 0 Å². The molecule has 0 amide bonds. The fraction of sp³-hybridized carbons (Fsp3) is 0. The lowest BCUT2D eigenvalue weighted by molar-refractivity contribution is 0.112. The van der Waals surface area contributed by atoms with Crippen LogP contribution in [0.4, 0.5) is 0 Å². The second-order valence-corrected chi connectivity index (χ2v) is 5.40. The molecular formula is C11H5Br3O. The average molecular weight is 393 g/mol. The Morgan fingerprint density at radius 2 is 1.40 bits per heavy atom. The molecule has 0 aliphatic heterocycles. The highest BCUT2D eigenvalue weighted by molar-refractivity contribution is 9.13. The van der Waals surface area contributed by atoms with Crippen LogP contribution >= 0.6 is 47.8 Å². The van der Waals surface area contributed by atoms with Crippen molar-refractivity contribution < 1.29 is 4.79 Å². The summed E-state index contributed by atoms with van der Waals surface area (Å²) in [6.07, 6.45) is 0.839. The van der Waals surface area contributed by atoms with Gasteiger partial charge in [0, 0.05) is 19.0 Å². The summed E-state index contributed by atoms with van der Waals surface area (Å²) in [5.41, 5.74) is 0.626. The first-order valence-electron chi connectivity index (χ1n) is 4.17. The lowest BCUT2D eigenvalue weighted by Gasteiger charge is -2.09. The molecule has 0 atom stereocenters. The summed E-state index contributed by atoms with van der Waals surface area (Å²) in [6.45, 7) is 0. The smallest absolute Gasteiger partial charge is 0.152 e. The quantitative estimate of drug-likeness (QED) is 0.496. The molecule has 76 valence electrons. The third-order valence-electron chi connectivity index (χ3n) is 2.18. The van der Waals surface area contributed by atoms with Gasteiger partial charge in [0.05, 0.1) is 0 Å². The minimum atomic E-state index is 0.626. The van der Waals surface area contributed by atoms with Crippen LogP contribution in [0.3, 0.4) is 0 Å². The molecule has 0 aromatic heterocycles. The Morgan fingerprint density at radius 3 is 1.93 bits per heavy atom. The third-order valence-corrected chi connectivity index (χ3v) is 5.22. The number of hydrogen-bond acceptors (Lipinski definition) is 1. The Morgan fingerprint density at radius 1 is 0.867 bits per heavy atom. The number of benzene rings is 2. The van der Waals surface area contributed by atoms with Crippen molar-refractivity contribution in [3.63, 3.8) is 0 Å². The van der Waals surface area contributed by atoms with Gasteiger partial charge in [0.2, 0.25) is 0 Å². The van der Waals surface area contributed by atoms with Crippen molar-refractivity contribution in [1.82, 2.24) is 0 Å². The van der Waals surface area contributed by atoms with Gasteiger partial charge in [0.25, 0.3) is 0 Å². The Bertz CT molecular complexity index is 549. The molecule has 0 heterocycles. The summed E-state index contributed by atoms with van der Waals surface area (Å²) in [7, 11) is 0. The largest absolute Gasteiger partial charge is 0.298 e. The minimum absolute atomic E-state index is 0.626. The summed E-state index contributed by atoms with van der Waals surface area (Å²) in [4.78, 5) is 11.0. The SMILES string of the molecule is O=Cc1c(Br)c(Br)c2ccccc2c1Br. The second-order valence-electron chi connectivity index (χ2n) is 3.02. The summed E-state index contributed by atoms with van der Waals surface area (Å²) in [5.74, 6) is 0. The molecule has 0 aliphatic rings. The molecule has 0 unspecified atom stereocenters. The lowest BCUT2D eigenvalue weighted by Crippen LogP contribution is -1.89. The molecule has 0 saturated heterocycles. The molecule has 0 spiro atoms. The Balaban J connectivity index is 3.02. The van der Waals surface area contributed by atoms with Crippen molar-refractivity contribution >= 4 is 64.8 Å². The van der Waals surface area contributed by atoms with E-state index in [1.165, 1.54) is 0 Å². The maximum atomic E-state index is 11.0. The van der Waals surface area contributed by atoms with Gasteiger partial charge in [0.1, 0.15) is 0 Å². The molecule has 4 heteroatoms. The highest BCUT2D eigenvalue weighted by Gasteiger charge is 2.13. The standard InChI is InChI=1S/C11H5Br3O/c12-9-6-3-1-2-4-7(6)10(13)11(14)8(9)5-15/h1-5H. The van der Waals surface area contributed by atoms with Gasteiger partial charge in [-0.25, -0.2) is 0 Å². The molecule has 2 aromatic carbocycles. The molecule has 0 fully saturated rings. The van der Waals surface area contributed by atoms with Gasteiger partial charge in [-0.15, -0.1) is 0 Å². The van der Waals surface area contributed by atoms with Gasteiger partial charge in [-0.1, -0.05) is 24.3 Å². The van der Waals surface area contributed by atoms with Crippen LogP contribution in [0.25, 0.3) is 10.8 Å². The van der Waals surface area contributed by atoms with Gasteiger partial charge in [-0.3, -0.25) is 4.79 Å². The van der Waals surface area contributed by atoms with Gasteiger partial charge in [0.15, 0.2) is 6.29 Å². The van der Waals surface area contributed by atoms with Crippen molar-refractivity contribution in [3.05, 3.63) is 43.2 Å². The van der Waals surface area contributed by atoms with E-state index in [9.17, 15) is 4.79 Å². The summed E-state index contributed by atoms with van der Waals surface area (Å²) in [5, 5.41) is 2.09. The van der Waals surface area contributed by atoms with Crippen LogP contribution < -0.4 is 0 Å². The first kappa shape index (κ1) is 11.3. The fourth-order valence-corrected chi connectivity index (χ4v) is 3.42. The zero-order chi connectivity index (χ0) is 11.0. The number of aldehydes is 1. The van der Waals surface area contributed by atoms with Crippen molar-refractivity contribution in [3.8, 4) is 0 Å². The van der Waals surface area contributed by atoms with Crippen LogP contribution in [0.1, 0.15) is 10.4 Å². The summed E-state index contributed by atoms with van der Waals surface area (Å²) < 4.78 is 2.51. The molecule has 1 nitrogen and oxygen atoms in total. The van der Waals surface area contributed by atoms with Crippen LogP contribution in [-0.2, 0) is 0 Å². The molecule has 2 aromatic rings. The van der Waals surface area contributed by atoms with E-state index in [-0.39, 0.29) is 0 Å².